The van der Waals surface area contributed by atoms with Crippen LogP contribution in [0.2, 0.25) is 0 Å². The van der Waals surface area contributed by atoms with Gasteiger partial charge in [-0.05, 0) is 25.5 Å². The number of imide groups is 2. The highest BCUT2D eigenvalue weighted by Crippen LogP contribution is 2.33. The summed E-state index contributed by atoms with van der Waals surface area (Å²) >= 11 is 1.98. The topological polar surface area (TPSA) is 95.6 Å². The van der Waals surface area contributed by atoms with Gasteiger partial charge < -0.3 is 0 Å². The van der Waals surface area contributed by atoms with Crippen LogP contribution in [0.4, 0.5) is 0 Å². The third-order valence-corrected chi connectivity index (χ3v) is 5.23. The van der Waals surface area contributed by atoms with Crippen molar-refractivity contribution in [3.63, 3.8) is 0 Å². The maximum atomic E-state index is 12.7. The van der Waals surface area contributed by atoms with Gasteiger partial charge in [0.15, 0.2) is 0 Å². The molecule has 3 aliphatic rings. The summed E-state index contributed by atoms with van der Waals surface area (Å²) in [5, 5.41) is 2.18. The number of carbonyl (C=O) groups is 4. The van der Waals surface area contributed by atoms with Gasteiger partial charge in [0.2, 0.25) is 11.8 Å². The Balaban J connectivity index is 1.99. The van der Waals surface area contributed by atoms with Crippen molar-refractivity contribution in [2.45, 2.75) is 31.3 Å². The van der Waals surface area contributed by atoms with Crippen molar-refractivity contribution >= 4 is 46.5 Å². The number of halogens is 1. The molecule has 2 heterocycles. The lowest BCUT2D eigenvalue weighted by atomic mass is 9.99. The van der Waals surface area contributed by atoms with Gasteiger partial charge in [-0.1, -0.05) is 12.2 Å². The Morgan fingerprint density at radius 1 is 1.26 bits per heavy atom. The Labute approximate surface area is 146 Å². The van der Waals surface area contributed by atoms with Crippen LogP contribution in [0.3, 0.4) is 0 Å². The lowest BCUT2D eigenvalue weighted by Gasteiger charge is -2.27. The summed E-state index contributed by atoms with van der Waals surface area (Å²) in [6.45, 7) is 1.87. The predicted molar refractivity (Wildman–Crippen MR) is 88.9 cm³/mol. The van der Waals surface area contributed by atoms with Gasteiger partial charge in [0.05, 0.1) is 16.7 Å². The molecule has 3 rings (SSSR count). The fourth-order valence-electron chi connectivity index (χ4n) is 2.85. The second kappa shape index (κ2) is 5.68. The van der Waals surface area contributed by atoms with Crippen molar-refractivity contribution in [3.05, 3.63) is 35.5 Å². The molecule has 0 radical (unpaired) electrons. The molecule has 0 bridgehead atoms. The van der Waals surface area contributed by atoms with Crippen LogP contribution in [0.25, 0.3) is 0 Å². The molecule has 120 valence electrons. The summed E-state index contributed by atoms with van der Waals surface area (Å²) in [6, 6.07) is -0.941. The molecule has 8 heteroatoms. The van der Waals surface area contributed by atoms with Crippen LogP contribution < -0.4 is 8.85 Å². The highest BCUT2D eigenvalue weighted by molar-refractivity contribution is 14.1. The number of carbonyl (C=O) groups excluding carboxylic acids is 4. The lowest BCUT2D eigenvalue weighted by molar-refractivity contribution is -0.149. The Hall–Kier alpha value is -1.81. The number of nitrogens with zero attached hydrogens (tertiary/aromatic N) is 1. The number of likely N-dealkylation sites (tertiary alicyclic amines) is 1. The van der Waals surface area contributed by atoms with E-state index in [4.69, 9.17) is 0 Å². The van der Waals surface area contributed by atoms with Gasteiger partial charge in [0.25, 0.3) is 11.8 Å². The molecule has 2 saturated heterocycles. The molecule has 23 heavy (non-hydrogen) atoms. The molecule has 0 aromatic heterocycles. The van der Waals surface area contributed by atoms with E-state index in [1.807, 2.05) is 35.9 Å². The summed E-state index contributed by atoms with van der Waals surface area (Å²) < 4.78 is 3.04. The van der Waals surface area contributed by atoms with E-state index in [0.29, 0.717) is 0 Å². The predicted octanol–water partition coefficient (Wildman–Crippen LogP) is 0.281. The maximum absolute atomic E-state index is 12.7. The monoisotopic (exact) mass is 427 g/mol. The average molecular weight is 427 g/mol. The molecule has 2 atom stereocenters. The van der Waals surface area contributed by atoms with E-state index in [0.717, 1.165) is 4.90 Å². The summed E-state index contributed by atoms with van der Waals surface area (Å²) in [5.41, 5.74) is -0.0343. The number of rotatable bonds is 2. The van der Waals surface area contributed by atoms with Gasteiger partial charge in [-0.25, -0.2) is 3.53 Å². The second-order valence-corrected chi connectivity index (χ2v) is 6.36. The third kappa shape index (κ3) is 2.65. The summed E-state index contributed by atoms with van der Waals surface area (Å²) in [7, 11) is 0. The summed E-state index contributed by atoms with van der Waals surface area (Å²) in [5.74, 6) is -2.00. The molecule has 2 aliphatic heterocycles. The highest BCUT2D eigenvalue weighted by Gasteiger charge is 2.47. The average Bonchev–Trinajstić information content (AvgIpc) is 2.66. The summed E-state index contributed by atoms with van der Waals surface area (Å²) in [6.07, 6.45) is 7.08. The largest absolute Gasteiger partial charge is 0.295 e. The number of nitrogens with one attached hydrogen (secondary N) is 2. The van der Waals surface area contributed by atoms with E-state index in [1.165, 1.54) is 0 Å². The fourth-order valence-corrected chi connectivity index (χ4v) is 3.18. The number of amides is 4. The molecule has 2 fully saturated rings. The molecular formula is C15H14IN3O4. The molecular weight excluding hydrogens is 413 g/mol. The van der Waals surface area contributed by atoms with Crippen molar-refractivity contribution in [3.8, 4) is 0 Å². The van der Waals surface area contributed by atoms with E-state index in [2.05, 4.69) is 8.85 Å². The zero-order valence-electron chi connectivity index (χ0n) is 12.3. The van der Waals surface area contributed by atoms with Crippen LogP contribution in [0, 0.1) is 0 Å². The van der Waals surface area contributed by atoms with Crippen molar-refractivity contribution in [2.24, 2.45) is 0 Å². The van der Waals surface area contributed by atoms with Crippen LogP contribution in [0.15, 0.2) is 35.5 Å². The fraction of sp³-hybridized carbons (Fsp3) is 0.333. The van der Waals surface area contributed by atoms with Gasteiger partial charge in [0, 0.05) is 29.3 Å². The van der Waals surface area contributed by atoms with Crippen molar-refractivity contribution in [2.75, 3.05) is 0 Å². The number of hydrogen-bond donors (Lipinski definition) is 2. The molecule has 7 nitrogen and oxygen atoms in total. The zero-order chi connectivity index (χ0) is 16.8. The smallest absolute Gasteiger partial charge is 0.262 e. The Kier molecular flexibility index (Phi) is 3.96. The normalized spacial score (nSPS) is 30.7. The number of allylic oxidation sites excluding steroid dienone is 2. The standard InChI is InChI=1S/C15H14IN3O4/c1-15(18-16)6-2-3-8-9(7-15)14(23)19(13(8)22)10-4-5-11(20)17-12(10)21/h2-3,6-7,10,18H,4-5H2,1H3,(H,17,20,21). The minimum Gasteiger partial charge on any atom is -0.295 e. The first kappa shape index (κ1) is 16.1. The minimum atomic E-state index is -0.941. The number of hydrogen-bond acceptors (Lipinski definition) is 5. The Morgan fingerprint density at radius 3 is 2.61 bits per heavy atom. The van der Waals surface area contributed by atoms with Crippen LogP contribution in [-0.2, 0) is 19.2 Å². The molecule has 0 spiro atoms. The van der Waals surface area contributed by atoms with Gasteiger partial charge in [-0.2, -0.15) is 0 Å². The van der Waals surface area contributed by atoms with Crippen LogP contribution in [-0.4, -0.2) is 40.1 Å². The third-order valence-electron chi connectivity index (χ3n) is 4.06. The number of fused-ring (bicyclic) bond motifs is 1. The van der Waals surface area contributed by atoms with E-state index < -0.39 is 29.3 Å². The van der Waals surface area contributed by atoms with Crippen molar-refractivity contribution < 1.29 is 19.2 Å². The van der Waals surface area contributed by atoms with Gasteiger partial charge in [0.1, 0.15) is 6.04 Å². The molecule has 0 aromatic carbocycles. The first-order chi connectivity index (χ1) is 10.9. The maximum Gasteiger partial charge on any atom is 0.262 e. The number of piperidine rings is 1. The van der Waals surface area contributed by atoms with Crippen LogP contribution in [0.5, 0.6) is 0 Å². The van der Waals surface area contributed by atoms with E-state index in [-0.39, 0.29) is 29.9 Å². The first-order valence-corrected chi connectivity index (χ1v) is 8.16. The lowest BCUT2D eigenvalue weighted by Crippen LogP contribution is -2.54. The SMILES string of the molecule is CC1(NI)C=CC=C2C(=O)N(C3CCC(=O)NC3=O)C(=O)C2=C1. The van der Waals surface area contributed by atoms with Gasteiger partial charge >= 0.3 is 0 Å². The van der Waals surface area contributed by atoms with Crippen molar-refractivity contribution in [1.82, 2.24) is 13.7 Å². The van der Waals surface area contributed by atoms with Crippen LogP contribution in [0.1, 0.15) is 19.8 Å². The Morgan fingerprint density at radius 2 is 1.96 bits per heavy atom. The van der Waals surface area contributed by atoms with E-state index in [1.54, 1.807) is 18.2 Å². The van der Waals surface area contributed by atoms with E-state index in [9.17, 15) is 19.2 Å². The van der Waals surface area contributed by atoms with E-state index >= 15 is 0 Å². The molecule has 4 amide bonds. The molecule has 2 N–H and O–H groups in total. The minimum absolute atomic E-state index is 0.110. The quantitative estimate of drug-likeness (QED) is 0.375. The van der Waals surface area contributed by atoms with Gasteiger partial charge in [-0.15, -0.1) is 0 Å². The molecule has 2 unspecified atom stereocenters. The Bertz CT molecular complexity index is 724. The van der Waals surface area contributed by atoms with Crippen LogP contribution >= 0.6 is 22.9 Å². The molecule has 0 aromatic rings. The first-order valence-electron chi connectivity index (χ1n) is 7.08. The second-order valence-electron chi connectivity index (χ2n) is 5.82. The zero-order valence-corrected chi connectivity index (χ0v) is 14.4. The summed E-state index contributed by atoms with van der Waals surface area (Å²) in [4.78, 5) is 49.5. The highest BCUT2D eigenvalue weighted by atomic mass is 127. The molecule has 1 aliphatic carbocycles. The van der Waals surface area contributed by atoms with Crippen molar-refractivity contribution in [1.29, 1.82) is 0 Å². The van der Waals surface area contributed by atoms with Gasteiger partial charge in [-0.3, -0.25) is 29.4 Å². The molecule has 0 saturated carbocycles.